The standard InChI is InChI=1S/C14H17N3O3/c1-8-13(9(2)17-16-8)14(18)15-11-6-5-10(19-3)7-12(11)20-4/h5-7H,1-4H3,(H,15,18)(H,16,17). The van der Waals surface area contributed by atoms with Gasteiger partial charge in [-0.1, -0.05) is 0 Å². The van der Waals surface area contributed by atoms with Gasteiger partial charge in [0.05, 0.1) is 31.2 Å². The molecule has 0 atom stereocenters. The largest absolute Gasteiger partial charge is 0.497 e. The number of amides is 1. The Morgan fingerprint density at radius 3 is 2.55 bits per heavy atom. The highest BCUT2D eigenvalue weighted by molar-refractivity contribution is 6.06. The minimum absolute atomic E-state index is 0.225. The fraction of sp³-hybridized carbons (Fsp3) is 0.286. The Labute approximate surface area is 117 Å². The van der Waals surface area contributed by atoms with E-state index in [4.69, 9.17) is 9.47 Å². The first-order chi connectivity index (χ1) is 9.56. The van der Waals surface area contributed by atoms with Crippen molar-refractivity contribution in [1.29, 1.82) is 0 Å². The van der Waals surface area contributed by atoms with Gasteiger partial charge in [0.1, 0.15) is 11.5 Å². The van der Waals surface area contributed by atoms with Crippen LogP contribution < -0.4 is 14.8 Å². The number of rotatable bonds is 4. The van der Waals surface area contributed by atoms with Crippen molar-refractivity contribution < 1.29 is 14.3 Å². The maximum absolute atomic E-state index is 12.3. The number of aromatic amines is 1. The van der Waals surface area contributed by atoms with E-state index in [9.17, 15) is 4.79 Å². The zero-order valence-corrected chi connectivity index (χ0v) is 11.9. The van der Waals surface area contributed by atoms with Crippen molar-refractivity contribution in [3.8, 4) is 11.5 Å². The van der Waals surface area contributed by atoms with Gasteiger partial charge in [-0.2, -0.15) is 5.10 Å². The average Bonchev–Trinajstić information content (AvgIpc) is 2.78. The van der Waals surface area contributed by atoms with Gasteiger partial charge in [0.15, 0.2) is 0 Å². The van der Waals surface area contributed by atoms with E-state index < -0.39 is 0 Å². The predicted molar refractivity (Wildman–Crippen MR) is 75.6 cm³/mol. The average molecular weight is 275 g/mol. The molecule has 0 unspecified atom stereocenters. The molecule has 0 saturated carbocycles. The third-order valence-corrected chi connectivity index (χ3v) is 3.01. The summed E-state index contributed by atoms with van der Waals surface area (Å²) < 4.78 is 10.4. The van der Waals surface area contributed by atoms with Crippen LogP contribution in [-0.4, -0.2) is 30.3 Å². The molecule has 1 aromatic heterocycles. The van der Waals surface area contributed by atoms with E-state index in [0.717, 1.165) is 5.69 Å². The molecule has 20 heavy (non-hydrogen) atoms. The summed E-state index contributed by atoms with van der Waals surface area (Å²) in [4.78, 5) is 12.3. The van der Waals surface area contributed by atoms with Gasteiger partial charge in [0.25, 0.3) is 5.91 Å². The molecule has 6 nitrogen and oxygen atoms in total. The molecule has 106 valence electrons. The molecule has 6 heteroatoms. The number of H-pyrrole nitrogens is 1. The number of methoxy groups -OCH3 is 2. The maximum atomic E-state index is 12.3. The number of carbonyl (C=O) groups excluding carboxylic acids is 1. The Hall–Kier alpha value is -2.50. The van der Waals surface area contributed by atoms with E-state index in [0.29, 0.717) is 28.4 Å². The first-order valence-electron chi connectivity index (χ1n) is 6.11. The molecule has 0 spiro atoms. The summed E-state index contributed by atoms with van der Waals surface area (Å²) in [6.07, 6.45) is 0. The van der Waals surface area contributed by atoms with Crippen LogP contribution in [-0.2, 0) is 0 Å². The third kappa shape index (κ3) is 2.59. The van der Waals surface area contributed by atoms with Gasteiger partial charge < -0.3 is 14.8 Å². The molecule has 0 radical (unpaired) electrons. The van der Waals surface area contributed by atoms with E-state index in [-0.39, 0.29) is 5.91 Å². The molecule has 2 aromatic rings. The van der Waals surface area contributed by atoms with Gasteiger partial charge in [0, 0.05) is 11.8 Å². The van der Waals surface area contributed by atoms with Crippen molar-refractivity contribution in [3.63, 3.8) is 0 Å². The summed E-state index contributed by atoms with van der Waals surface area (Å²) in [5.41, 5.74) is 2.51. The number of ether oxygens (including phenoxy) is 2. The predicted octanol–water partition coefficient (Wildman–Crippen LogP) is 2.30. The highest BCUT2D eigenvalue weighted by atomic mass is 16.5. The lowest BCUT2D eigenvalue weighted by Crippen LogP contribution is -2.14. The first kappa shape index (κ1) is 13.9. The van der Waals surface area contributed by atoms with Crippen molar-refractivity contribution in [2.45, 2.75) is 13.8 Å². The molecule has 1 aromatic carbocycles. The molecule has 0 aliphatic heterocycles. The Balaban J connectivity index is 2.28. The number of aryl methyl sites for hydroxylation is 2. The Kier molecular flexibility index (Phi) is 3.93. The quantitative estimate of drug-likeness (QED) is 0.897. The van der Waals surface area contributed by atoms with Crippen LogP contribution in [0.3, 0.4) is 0 Å². The fourth-order valence-electron chi connectivity index (χ4n) is 1.97. The number of hydrogen-bond acceptors (Lipinski definition) is 4. The molecule has 0 aliphatic carbocycles. The van der Waals surface area contributed by atoms with E-state index in [1.165, 1.54) is 0 Å². The monoisotopic (exact) mass is 275 g/mol. The van der Waals surface area contributed by atoms with Gasteiger partial charge in [-0.25, -0.2) is 0 Å². The zero-order chi connectivity index (χ0) is 14.7. The van der Waals surface area contributed by atoms with Gasteiger partial charge >= 0.3 is 0 Å². The molecule has 2 N–H and O–H groups in total. The number of hydrogen-bond donors (Lipinski definition) is 2. The molecule has 0 fully saturated rings. The number of aromatic nitrogens is 2. The second-order valence-electron chi connectivity index (χ2n) is 4.33. The summed E-state index contributed by atoms with van der Waals surface area (Å²) in [6.45, 7) is 3.59. The summed E-state index contributed by atoms with van der Waals surface area (Å²) in [5.74, 6) is 0.976. The first-order valence-corrected chi connectivity index (χ1v) is 6.11. The lowest BCUT2D eigenvalue weighted by atomic mass is 10.2. The van der Waals surface area contributed by atoms with E-state index in [1.54, 1.807) is 46.3 Å². The highest BCUT2D eigenvalue weighted by Crippen LogP contribution is 2.29. The molecule has 1 heterocycles. The summed E-state index contributed by atoms with van der Waals surface area (Å²) >= 11 is 0. The Morgan fingerprint density at radius 2 is 2.00 bits per heavy atom. The fourth-order valence-corrected chi connectivity index (χ4v) is 1.97. The second-order valence-corrected chi connectivity index (χ2v) is 4.33. The van der Waals surface area contributed by atoms with Crippen LogP contribution >= 0.6 is 0 Å². The van der Waals surface area contributed by atoms with Gasteiger partial charge in [0.2, 0.25) is 0 Å². The molecule has 1 amide bonds. The number of nitrogens with zero attached hydrogens (tertiary/aromatic N) is 1. The molecule has 0 bridgehead atoms. The highest BCUT2D eigenvalue weighted by Gasteiger charge is 2.17. The van der Waals surface area contributed by atoms with Gasteiger partial charge in [-0.15, -0.1) is 0 Å². The molecule has 0 aliphatic rings. The van der Waals surface area contributed by atoms with Crippen LogP contribution in [0.5, 0.6) is 11.5 Å². The van der Waals surface area contributed by atoms with Crippen LogP contribution in [0.2, 0.25) is 0 Å². The van der Waals surface area contributed by atoms with Crippen LogP contribution in [0.1, 0.15) is 21.7 Å². The summed E-state index contributed by atoms with van der Waals surface area (Å²) in [6, 6.07) is 5.21. The minimum Gasteiger partial charge on any atom is -0.497 e. The lowest BCUT2D eigenvalue weighted by molar-refractivity contribution is 0.102. The lowest BCUT2D eigenvalue weighted by Gasteiger charge is -2.11. The van der Waals surface area contributed by atoms with Crippen LogP contribution in [0.25, 0.3) is 0 Å². The van der Waals surface area contributed by atoms with Crippen molar-refractivity contribution in [2.24, 2.45) is 0 Å². The molecular weight excluding hydrogens is 258 g/mol. The maximum Gasteiger partial charge on any atom is 0.259 e. The molecule has 0 saturated heterocycles. The topological polar surface area (TPSA) is 76.2 Å². The van der Waals surface area contributed by atoms with Crippen LogP contribution in [0.4, 0.5) is 5.69 Å². The van der Waals surface area contributed by atoms with Crippen molar-refractivity contribution in [1.82, 2.24) is 10.2 Å². The van der Waals surface area contributed by atoms with E-state index in [2.05, 4.69) is 15.5 Å². The smallest absolute Gasteiger partial charge is 0.259 e. The van der Waals surface area contributed by atoms with Crippen molar-refractivity contribution >= 4 is 11.6 Å². The van der Waals surface area contributed by atoms with E-state index in [1.807, 2.05) is 0 Å². The van der Waals surface area contributed by atoms with Crippen molar-refractivity contribution in [3.05, 3.63) is 35.2 Å². The number of nitrogens with one attached hydrogen (secondary N) is 2. The van der Waals surface area contributed by atoms with E-state index >= 15 is 0 Å². The van der Waals surface area contributed by atoms with Gasteiger partial charge in [-0.3, -0.25) is 9.89 Å². The number of benzene rings is 1. The molecule has 2 rings (SSSR count). The summed E-state index contributed by atoms with van der Waals surface area (Å²) in [5, 5.41) is 9.62. The number of anilines is 1. The van der Waals surface area contributed by atoms with Crippen LogP contribution in [0, 0.1) is 13.8 Å². The Bertz CT molecular complexity index is 615. The normalized spacial score (nSPS) is 10.2. The SMILES string of the molecule is COc1ccc(NC(=O)c2c(C)n[nH]c2C)c(OC)c1. The minimum atomic E-state index is -0.225. The number of carbonyl (C=O) groups is 1. The third-order valence-electron chi connectivity index (χ3n) is 3.01. The van der Waals surface area contributed by atoms with Crippen molar-refractivity contribution in [2.75, 3.05) is 19.5 Å². The Morgan fingerprint density at radius 1 is 1.25 bits per heavy atom. The van der Waals surface area contributed by atoms with Gasteiger partial charge in [-0.05, 0) is 26.0 Å². The zero-order valence-electron chi connectivity index (χ0n) is 11.9. The van der Waals surface area contributed by atoms with Crippen LogP contribution in [0.15, 0.2) is 18.2 Å². The molecular formula is C14H17N3O3. The second kappa shape index (κ2) is 5.64. The summed E-state index contributed by atoms with van der Waals surface area (Å²) in [7, 11) is 3.12.